The van der Waals surface area contributed by atoms with Crippen molar-refractivity contribution >= 4 is 16.9 Å². The van der Waals surface area contributed by atoms with Crippen LogP contribution in [0, 0.1) is 0 Å². The number of nitrogens with zero attached hydrogens (tertiary/aromatic N) is 5. The summed E-state index contributed by atoms with van der Waals surface area (Å²) in [6, 6.07) is 20.0. The zero-order valence-corrected chi connectivity index (χ0v) is 24.1. The molecule has 2 aliphatic heterocycles. The van der Waals surface area contributed by atoms with E-state index in [0.717, 1.165) is 60.9 Å². The highest BCUT2D eigenvalue weighted by molar-refractivity contribution is 5.86. The van der Waals surface area contributed by atoms with Gasteiger partial charge in [-0.05, 0) is 53.6 Å². The smallest absolute Gasteiger partial charge is 0.229 e. The summed E-state index contributed by atoms with van der Waals surface area (Å²) in [6.45, 7) is 5.13. The molecule has 7 rings (SSSR count). The lowest BCUT2D eigenvalue weighted by molar-refractivity contribution is -0.131. The molecule has 1 fully saturated rings. The maximum atomic E-state index is 13.9. The summed E-state index contributed by atoms with van der Waals surface area (Å²) in [7, 11) is 1.62. The van der Waals surface area contributed by atoms with E-state index in [2.05, 4.69) is 32.8 Å². The van der Waals surface area contributed by atoms with Crippen LogP contribution in [0.5, 0.6) is 11.5 Å². The van der Waals surface area contributed by atoms with Crippen LogP contribution in [-0.4, -0.2) is 77.0 Å². The summed E-state index contributed by atoms with van der Waals surface area (Å²) < 4.78 is 25.0. The van der Waals surface area contributed by atoms with Gasteiger partial charge >= 0.3 is 0 Å². The maximum Gasteiger partial charge on any atom is 0.229 e. The number of benzene rings is 3. The van der Waals surface area contributed by atoms with Crippen LogP contribution in [0.2, 0.25) is 0 Å². The topological polar surface area (TPSA) is 95.1 Å². The maximum absolute atomic E-state index is 13.9. The monoisotopic (exact) mass is 579 g/mol. The highest BCUT2D eigenvalue weighted by atomic mass is 16.5. The second-order valence-electron chi connectivity index (χ2n) is 10.8. The number of methoxy groups -OCH3 is 1. The third kappa shape index (κ3) is 5.71. The Morgan fingerprint density at radius 3 is 2.77 bits per heavy atom. The summed E-state index contributed by atoms with van der Waals surface area (Å²) >= 11 is 0. The molecule has 1 amide bonds. The molecule has 0 N–H and O–H groups in total. The van der Waals surface area contributed by atoms with E-state index in [1.54, 1.807) is 13.3 Å². The summed E-state index contributed by atoms with van der Waals surface area (Å²) in [5.74, 6) is 1.97. The van der Waals surface area contributed by atoms with E-state index >= 15 is 0 Å². The van der Waals surface area contributed by atoms with Crippen LogP contribution in [-0.2, 0) is 29.0 Å². The van der Waals surface area contributed by atoms with Crippen LogP contribution in [0.4, 0.5) is 0 Å². The molecule has 0 radical (unpaired) electrons. The third-order valence-electron chi connectivity index (χ3n) is 8.00. The minimum atomic E-state index is -0.0540. The largest absolute Gasteiger partial charge is 0.493 e. The van der Waals surface area contributed by atoms with Crippen molar-refractivity contribution in [2.45, 2.75) is 19.5 Å². The van der Waals surface area contributed by atoms with Crippen LogP contribution in [0.25, 0.3) is 28.0 Å². The molecule has 1 saturated heterocycles. The lowest BCUT2D eigenvalue weighted by Gasteiger charge is -2.27. The Hall–Kier alpha value is -4.67. The molecule has 0 spiro atoms. The van der Waals surface area contributed by atoms with Crippen molar-refractivity contribution in [3.63, 3.8) is 0 Å². The molecule has 10 nitrogen and oxygen atoms in total. The molecule has 0 saturated carbocycles. The number of carbonyl (C=O) groups is 1. The van der Waals surface area contributed by atoms with Gasteiger partial charge in [0.15, 0.2) is 17.1 Å². The van der Waals surface area contributed by atoms with E-state index in [1.165, 1.54) is 5.56 Å². The van der Waals surface area contributed by atoms with Crippen molar-refractivity contribution in [3.8, 4) is 28.6 Å². The fraction of sp³-hybridized carbons (Fsp3) is 0.303. The predicted octanol–water partition coefficient (Wildman–Crippen LogP) is 4.49. The summed E-state index contributed by atoms with van der Waals surface area (Å²) in [5, 5.41) is 5.06. The molecule has 2 aliphatic rings. The van der Waals surface area contributed by atoms with Crippen molar-refractivity contribution in [1.82, 2.24) is 24.5 Å². The molecule has 4 heterocycles. The zero-order chi connectivity index (χ0) is 29.2. The molecule has 5 aromatic rings. The number of hydrogen-bond acceptors (Lipinski definition) is 8. The van der Waals surface area contributed by atoms with Crippen molar-refractivity contribution in [2.24, 2.45) is 0 Å². The number of aromatic nitrogens is 3. The van der Waals surface area contributed by atoms with E-state index in [4.69, 9.17) is 23.7 Å². The van der Waals surface area contributed by atoms with E-state index in [0.29, 0.717) is 42.5 Å². The number of amides is 1. The van der Waals surface area contributed by atoms with Crippen molar-refractivity contribution < 1.29 is 23.5 Å². The number of fused-ring (bicyclic) bond motifs is 8. The number of para-hydroxylation sites is 1. The Morgan fingerprint density at radius 2 is 1.88 bits per heavy atom. The first-order valence-electron chi connectivity index (χ1n) is 14.5. The van der Waals surface area contributed by atoms with Gasteiger partial charge in [-0.1, -0.05) is 23.4 Å². The Bertz CT molecular complexity index is 1760. The van der Waals surface area contributed by atoms with E-state index in [-0.39, 0.29) is 12.3 Å². The Balaban J connectivity index is 1.28. The predicted molar refractivity (Wildman–Crippen MR) is 160 cm³/mol. The highest BCUT2D eigenvalue weighted by Crippen LogP contribution is 2.34. The van der Waals surface area contributed by atoms with E-state index in [9.17, 15) is 4.79 Å². The fourth-order valence-corrected chi connectivity index (χ4v) is 5.83. The highest BCUT2D eigenvalue weighted by Gasteiger charge is 2.22. The molecule has 3 aromatic carbocycles. The minimum Gasteiger partial charge on any atom is -0.493 e. The number of imidazole rings is 1. The SMILES string of the molecule is COc1ccc2cc1OCCN(C(=O)Cc1noc3ccccc13)Cc1cc(CN3CCOCC3)cc(c1)-n1ccnc1-2. The molecule has 0 aliphatic carbocycles. The molecule has 2 aromatic heterocycles. The molecule has 0 atom stereocenters. The number of morpholine rings is 1. The van der Waals surface area contributed by atoms with Gasteiger partial charge in [-0.25, -0.2) is 4.98 Å². The van der Waals surface area contributed by atoms with E-state index in [1.807, 2.05) is 53.6 Å². The average molecular weight is 580 g/mol. The number of hydrogen-bond donors (Lipinski definition) is 0. The minimum absolute atomic E-state index is 0.0540. The van der Waals surface area contributed by atoms with Gasteiger partial charge in [0.25, 0.3) is 0 Å². The van der Waals surface area contributed by atoms with Crippen molar-refractivity contribution in [3.05, 3.63) is 89.9 Å². The Kier molecular flexibility index (Phi) is 7.53. The van der Waals surface area contributed by atoms with Crippen LogP contribution >= 0.6 is 0 Å². The summed E-state index contributed by atoms with van der Waals surface area (Å²) in [5.41, 5.74) is 5.39. The third-order valence-corrected chi connectivity index (χ3v) is 8.00. The quantitative estimate of drug-likeness (QED) is 0.301. The summed E-state index contributed by atoms with van der Waals surface area (Å²) in [6.07, 6.45) is 3.90. The van der Waals surface area contributed by atoms with E-state index < -0.39 is 0 Å². The van der Waals surface area contributed by atoms with Crippen LogP contribution < -0.4 is 9.47 Å². The van der Waals surface area contributed by atoms with Crippen LogP contribution in [0.15, 0.2) is 77.6 Å². The van der Waals surface area contributed by atoms with Gasteiger partial charge in [0.05, 0.1) is 33.3 Å². The molecular formula is C33H33N5O5. The van der Waals surface area contributed by atoms with Crippen molar-refractivity contribution in [1.29, 1.82) is 0 Å². The number of carbonyl (C=O) groups excluding carboxylic acids is 1. The second kappa shape index (κ2) is 11.9. The Morgan fingerprint density at radius 1 is 1.00 bits per heavy atom. The van der Waals surface area contributed by atoms with Gasteiger partial charge in [0.1, 0.15) is 18.1 Å². The Labute approximate surface area is 249 Å². The van der Waals surface area contributed by atoms with Gasteiger partial charge < -0.3 is 23.6 Å². The normalized spacial score (nSPS) is 15.6. The lowest BCUT2D eigenvalue weighted by atomic mass is 10.1. The molecule has 220 valence electrons. The van der Waals surface area contributed by atoms with Crippen LogP contribution in [0.3, 0.4) is 0 Å². The second-order valence-corrected chi connectivity index (χ2v) is 10.8. The molecule has 10 heteroatoms. The van der Waals surface area contributed by atoms with Crippen LogP contribution in [0.1, 0.15) is 16.8 Å². The fourth-order valence-electron chi connectivity index (χ4n) is 5.83. The average Bonchev–Trinajstić information content (AvgIpc) is 3.68. The zero-order valence-electron chi connectivity index (χ0n) is 24.1. The number of rotatable bonds is 5. The number of ether oxygens (including phenoxy) is 3. The van der Waals surface area contributed by atoms with Gasteiger partial charge in [-0.3, -0.25) is 14.3 Å². The first-order chi connectivity index (χ1) is 21.1. The van der Waals surface area contributed by atoms with Gasteiger partial charge in [-0.15, -0.1) is 0 Å². The van der Waals surface area contributed by atoms with Gasteiger partial charge in [-0.2, -0.15) is 0 Å². The molecule has 4 bridgehead atoms. The molecule has 43 heavy (non-hydrogen) atoms. The lowest BCUT2D eigenvalue weighted by Crippen LogP contribution is -2.36. The first kappa shape index (κ1) is 27.2. The summed E-state index contributed by atoms with van der Waals surface area (Å²) in [4.78, 5) is 22.8. The molecule has 0 unspecified atom stereocenters. The molecular weight excluding hydrogens is 546 g/mol. The first-order valence-corrected chi connectivity index (χ1v) is 14.5. The van der Waals surface area contributed by atoms with Crippen molar-refractivity contribution in [2.75, 3.05) is 46.6 Å². The van der Waals surface area contributed by atoms with Gasteiger partial charge in [0.2, 0.25) is 5.91 Å². The standard InChI is InChI=1S/C33H33N5O5/c1-40-30-7-6-25-19-31(30)42-15-12-37(32(39)20-28-27-4-2-3-5-29(27)43-35-28)22-24-16-23(21-36-10-13-41-14-11-36)17-26(18-24)38-9-8-34-33(25)38/h2-9,16-19H,10-15,20-22H2,1H3. The van der Waals surface area contributed by atoms with Gasteiger partial charge in [0, 0.05) is 55.2 Å².